The quantitative estimate of drug-likeness (QED) is 0.363. The van der Waals surface area contributed by atoms with Crippen LogP contribution in [0.15, 0.2) is 47.5 Å². The van der Waals surface area contributed by atoms with Crippen LogP contribution in [0.3, 0.4) is 0 Å². The average Bonchev–Trinajstić information content (AvgIpc) is 3.15. The molecule has 1 amide bonds. The highest BCUT2D eigenvalue weighted by Crippen LogP contribution is 2.33. The number of aliphatic carboxylic acids is 1. The van der Waals surface area contributed by atoms with Crippen molar-refractivity contribution in [1.82, 2.24) is 9.47 Å². The first-order valence-corrected chi connectivity index (χ1v) is 8.48. The molecule has 0 atom stereocenters. The summed E-state index contributed by atoms with van der Waals surface area (Å²) in [6.45, 7) is -0.492. The zero-order valence-electron chi connectivity index (χ0n) is 13.1. The van der Waals surface area contributed by atoms with Gasteiger partial charge in [-0.05, 0) is 24.3 Å². The Morgan fingerprint density at radius 1 is 1.35 bits per heavy atom. The Morgan fingerprint density at radius 2 is 2.12 bits per heavy atom. The lowest BCUT2D eigenvalue weighted by Gasteiger charge is -2.10. The minimum Gasteiger partial charge on any atom is -0.480 e. The number of nitro groups is 1. The molecule has 1 aliphatic rings. The Kier molecular flexibility index (Phi) is 4.87. The number of carboxylic acid groups (broad SMARTS) is 1. The maximum Gasteiger partial charge on any atom is 0.323 e. The lowest BCUT2D eigenvalue weighted by Crippen LogP contribution is -2.33. The van der Waals surface area contributed by atoms with Crippen molar-refractivity contribution in [1.29, 1.82) is 0 Å². The van der Waals surface area contributed by atoms with Gasteiger partial charge in [-0.1, -0.05) is 30.0 Å². The Bertz CT molecular complexity index is 966. The fourth-order valence-electron chi connectivity index (χ4n) is 2.41. The van der Waals surface area contributed by atoms with Gasteiger partial charge in [-0.15, -0.1) is 0 Å². The Hall–Kier alpha value is -2.98. The minimum atomic E-state index is -1.15. The molecule has 0 aliphatic carbocycles. The van der Waals surface area contributed by atoms with Crippen LogP contribution in [-0.2, 0) is 9.59 Å². The van der Waals surface area contributed by atoms with Crippen molar-refractivity contribution in [3.63, 3.8) is 0 Å². The molecular weight excluding hydrogens is 378 g/mol. The fraction of sp³-hybridized carbons (Fsp3) is 0.0625. The second-order valence-corrected chi connectivity index (χ2v) is 6.92. The summed E-state index contributed by atoms with van der Waals surface area (Å²) in [5, 5.41) is 19.8. The molecule has 1 fully saturated rings. The van der Waals surface area contributed by atoms with Crippen molar-refractivity contribution in [2.45, 2.75) is 0 Å². The van der Waals surface area contributed by atoms with Crippen LogP contribution in [0.1, 0.15) is 5.69 Å². The molecule has 26 heavy (non-hydrogen) atoms. The largest absolute Gasteiger partial charge is 0.480 e. The number of amides is 1. The highest BCUT2D eigenvalue weighted by atomic mass is 32.2. The van der Waals surface area contributed by atoms with E-state index < -0.39 is 23.3 Å². The van der Waals surface area contributed by atoms with Crippen LogP contribution in [0.2, 0.25) is 0 Å². The van der Waals surface area contributed by atoms with Gasteiger partial charge < -0.3 is 9.67 Å². The molecule has 1 aliphatic heterocycles. The SMILES string of the molecule is O=C(O)CN1C(=O)/C(=C\c2cccn2-c2cccc([N+](=O)[O-])c2)SC1=S. The number of rotatable bonds is 5. The Balaban J connectivity index is 1.95. The van der Waals surface area contributed by atoms with Crippen LogP contribution in [0.5, 0.6) is 0 Å². The summed E-state index contributed by atoms with van der Waals surface area (Å²) < 4.78 is 1.87. The van der Waals surface area contributed by atoms with E-state index in [1.807, 2.05) is 0 Å². The first-order chi connectivity index (χ1) is 12.4. The lowest BCUT2D eigenvalue weighted by atomic mass is 10.2. The van der Waals surface area contributed by atoms with Crippen molar-refractivity contribution in [2.75, 3.05) is 6.54 Å². The summed E-state index contributed by atoms with van der Waals surface area (Å²) in [6.07, 6.45) is 3.29. The molecule has 1 saturated heterocycles. The van der Waals surface area contributed by atoms with E-state index in [2.05, 4.69) is 0 Å². The number of carbonyl (C=O) groups excluding carboxylic acids is 1. The summed E-state index contributed by atoms with van der Waals surface area (Å²) in [5.41, 5.74) is 1.13. The number of thiocarbonyl (C=S) groups is 1. The third kappa shape index (κ3) is 3.51. The van der Waals surface area contributed by atoms with E-state index in [1.54, 1.807) is 41.1 Å². The third-order valence-corrected chi connectivity index (χ3v) is 4.92. The second kappa shape index (κ2) is 7.10. The fourth-order valence-corrected chi connectivity index (χ4v) is 3.65. The van der Waals surface area contributed by atoms with Gasteiger partial charge in [-0.25, -0.2) is 0 Å². The highest BCUT2D eigenvalue weighted by Gasteiger charge is 2.33. The molecule has 1 aromatic heterocycles. The highest BCUT2D eigenvalue weighted by molar-refractivity contribution is 8.26. The van der Waals surface area contributed by atoms with Gasteiger partial charge in [0.25, 0.3) is 11.6 Å². The molecule has 132 valence electrons. The molecule has 0 bridgehead atoms. The van der Waals surface area contributed by atoms with E-state index in [4.69, 9.17) is 17.3 Å². The van der Waals surface area contributed by atoms with E-state index >= 15 is 0 Å². The van der Waals surface area contributed by atoms with Gasteiger partial charge in [0, 0.05) is 24.0 Å². The number of non-ortho nitro benzene ring substituents is 1. The summed E-state index contributed by atoms with van der Waals surface area (Å²) in [4.78, 5) is 35.0. The number of carboxylic acids is 1. The minimum absolute atomic E-state index is 0.0464. The molecular formula is C16H11N3O5S2. The van der Waals surface area contributed by atoms with Gasteiger partial charge in [0.1, 0.15) is 10.9 Å². The number of nitrogens with zero attached hydrogens (tertiary/aromatic N) is 3. The van der Waals surface area contributed by atoms with Gasteiger partial charge in [-0.2, -0.15) is 0 Å². The van der Waals surface area contributed by atoms with Crippen LogP contribution >= 0.6 is 24.0 Å². The molecule has 10 heteroatoms. The van der Waals surface area contributed by atoms with Crippen molar-refractivity contribution < 1.29 is 19.6 Å². The Morgan fingerprint density at radius 3 is 2.81 bits per heavy atom. The predicted octanol–water partition coefficient (Wildman–Crippen LogP) is 2.67. The first-order valence-electron chi connectivity index (χ1n) is 7.26. The standard InChI is InChI=1S/C16H11N3O5S2/c20-14(21)9-18-15(22)13(26-16(18)25)8-11-5-2-6-17(11)10-3-1-4-12(7-10)19(23)24/h1-8H,9H2,(H,20,21)/b13-8+. The summed E-state index contributed by atoms with van der Waals surface area (Å²) in [6, 6.07) is 9.57. The normalized spacial score (nSPS) is 15.7. The molecule has 0 radical (unpaired) electrons. The first kappa shape index (κ1) is 17.8. The van der Waals surface area contributed by atoms with Crippen molar-refractivity contribution in [3.05, 3.63) is 63.3 Å². The van der Waals surface area contributed by atoms with Crippen LogP contribution in [0.25, 0.3) is 11.8 Å². The van der Waals surface area contributed by atoms with Gasteiger partial charge in [0.2, 0.25) is 0 Å². The molecule has 8 nitrogen and oxygen atoms in total. The number of carbonyl (C=O) groups is 2. The summed E-state index contributed by atoms with van der Waals surface area (Å²) >= 11 is 6.08. The average molecular weight is 389 g/mol. The van der Waals surface area contributed by atoms with E-state index in [-0.39, 0.29) is 10.0 Å². The number of hydrogen-bond acceptors (Lipinski definition) is 6. The van der Waals surface area contributed by atoms with Gasteiger partial charge in [0.15, 0.2) is 0 Å². The summed E-state index contributed by atoms with van der Waals surface area (Å²) in [5.74, 6) is -1.63. The van der Waals surface area contributed by atoms with Crippen LogP contribution in [-0.4, -0.2) is 42.2 Å². The summed E-state index contributed by atoms with van der Waals surface area (Å²) in [7, 11) is 0. The molecule has 0 unspecified atom stereocenters. The maximum atomic E-state index is 12.4. The molecule has 2 aromatic rings. The lowest BCUT2D eigenvalue weighted by molar-refractivity contribution is -0.384. The number of nitro benzene ring substituents is 1. The third-order valence-electron chi connectivity index (χ3n) is 3.54. The van der Waals surface area contributed by atoms with Gasteiger partial charge in [-0.3, -0.25) is 24.6 Å². The van der Waals surface area contributed by atoms with E-state index in [0.717, 1.165) is 16.7 Å². The molecule has 1 N–H and O–H groups in total. The topological polar surface area (TPSA) is 106 Å². The monoisotopic (exact) mass is 389 g/mol. The molecule has 0 saturated carbocycles. The number of aromatic nitrogens is 1. The van der Waals surface area contributed by atoms with Crippen molar-refractivity contribution in [2.24, 2.45) is 0 Å². The predicted molar refractivity (Wildman–Crippen MR) is 99.9 cm³/mol. The number of thioether (sulfide) groups is 1. The Labute approximate surface area is 156 Å². The van der Waals surface area contributed by atoms with Crippen LogP contribution < -0.4 is 0 Å². The number of hydrogen-bond donors (Lipinski definition) is 1. The van der Waals surface area contributed by atoms with Gasteiger partial charge >= 0.3 is 5.97 Å². The zero-order valence-corrected chi connectivity index (χ0v) is 14.7. The maximum absolute atomic E-state index is 12.4. The van der Waals surface area contributed by atoms with E-state index in [1.165, 1.54) is 12.1 Å². The van der Waals surface area contributed by atoms with Crippen molar-refractivity contribution in [3.8, 4) is 5.69 Å². The zero-order chi connectivity index (χ0) is 18.8. The van der Waals surface area contributed by atoms with Crippen molar-refractivity contribution >= 4 is 51.9 Å². The van der Waals surface area contributed by atoms with Gasteiger partial charge in [0.05, 0.1) is 15.5 Å². The molecule has 3 rings (SSSR count). The van der Waals surface area contributed by atoms with Crippen LogP contribution in [0, 0.1) is 10.1 Å². The number of benzene rings is 1. The van der Waals surface area contributed by atoms with E-state index in [0.29, 0.717) is 16.3 Å². The second-order valence-electron chi connectivity index (χ2n) is 5.24. The molecule has 1 aromatic carbocycles. The molecule has 0 spiro atoms. The smallest absolute Gasteiger partial charge is 0.323 e. The van der Waals surface area contributed by atoms with E-state index in [9.17, 15) is 19.7 Å². The van der Waals surface area contributed by atoms with Crippen LogP contribution in [0.4, 0.5) is 5.69 Å². The molecule has 2 heterocycles.